The Morgan fingerprint density at radius 3 is 2.50 bits per heavy atom. The van der Waals surface area contributed by atoms with Gasteiger partial charge in [0.15, 0.2) is 0 Å². The van der Waals surface area contributed by atoms with E-state index in [0.717, 1.165) is 37.9 Å². The predicted molar refractivity (Wildman–Crippen MR) is 103 cm³/mol. The molecule has 1 N–H and O–H groups in total. The highest BCUT2D eigenvalue weighted by Crippen LogP contribution is 2.11. The first-order valence-corrected chi connectivity index (χ1v) is 9.49. The maximum atomic E-state index is 12.3. The van der Waals surface area contributed by atoms with Gasteiger partial charge in [0.25, 0.3) is 0 Å². The molecule has 2 rings (SSSR count). The zero-order chi connectivity index (χ0) is 18.8. The Kier molecular flexibility index (Phi) is 8.19. The summed E-state index contributed by atoms with van der Waals surface area (Å²) in [6.07, 6.45) is 7.01. The number of hydrogen-bond acceptors (Lipinski definition) is 3. The number of nitrogens with one attached hydrogen (secondary N) is 1. The van der Waals surface area contributed by atoms with Gasteiger partial charge in [0.1, 0.15) is 6.61 Å². The minimum atomic E-state index is -0.463. The van der Waals surface area contributed by atoms with Crippen LogP contribution < -0.4 is 5.32 Å². The van der Waals surface area contributed by atoms with Crippen molar-refractivity contribution in [2.45, 2.75) is 52.2 Å². The van der Waals surface area contributed by atoms with Crippen LogP contribution in [0.4, 0.5) is 4.79 Å². The monoisotopic (exact) mass is 358 g/mol. The lowest BCUT2D eigenvalue weighted by molar-refractivity contribution is -0.126. The summed E-state index contributed by atoms with van der Waals surface area (Å²) in [5.41, 5.74) is 0.943. The molecule has 142 valence electrons. The largest absolute Gasteiger partial charge is 0.445 e. The molecule has 0 unspecified atom stereocenters. The third-order valence-corrected chi connectivity index (χ3v) is 4.38. The van der Waals surface area contributed by atoms with Crippen LogP contribution in [0.15, 0.2) is 42.5 Å². The fraction of sp³-hybridized carbons (Fsp3) is 0.524. The summed E-state index contributed by atoms with van der Waals surface area (Å²) >= 11 is 0. The Hall–Kier alpha value is -2.30. The van der Waals surface area contributed by atoms with Gasteiger partial charge in [-0.2, -0.15) is 0 Å². The van der Waals surface area contributed by atoms with E-state index in [0.29, 0.717) is 5.92 Å². The number of carbonyl (C=O) groups excluding carboxylic acids is 2. The van der Waals surface area contributed by atoms with E-state index in [4.69, 9.17) is 4.74 Å². The zero-order valence-corrected chi connectivity index (χ0v) is 15.8. The summed E-state index contributed by atoms with van der Waals surface area (Å²) in [6, 6.07) is 9.35. The molecule has 1 aromatic rings. The van der Waals surface area contributed by atoms with Gasteiger partial charge in [-0.3, -0.25) is 4.79 Å². The van der Waals surface area contributed by atoms with Crippen molar-refractivity contribution in [2.24, 2.45) is 5.92 Å². The number of piperidine rings is 1. The van der Waals surface area contributed by atoms with Crippen LogP contribution in [0.25, 0.3) is 0 Å². The topological polar surface area (TPSA) is 58.6 Å². The van der Waals surface area contributed by atoms with Crippen LogP contribution in [0.1, 0.15) is 45.1 Å². The number of benzene rings is 1. The first-order chi connectivity index (χ1) is 12.5. The Bertz CT molecular complexity index is 593. The van der Waals surface area contributed by atoms with Crippen molar-refractivity contribution in [1.82, 2.24) is 10.2 Å². The summed E-state index contributed by atoms with van der Waals surface area (Å²) in [7, 11) is 0. The Labute approximate surface area is 156 Å². The van der Waals surface area contributed by atoms with Crippen LogP contribution in [0, 0.1) is 5.92 Å². The lowest BCUT2D eigenvalue weighted by Crippen LogP contribution is -2.36. The van der Waals surface area contributed by atoms with Gasteiger partial charge in [0.2, 0.25) is 5.91 Å². The summed E-state index contributed by atoms with van der Waals surface area (Å²) in [5.74, 6) is 0.419. The van der Waals surface area contributed by atoms with Gasteiger partial charge in [-0.1, -0.05) is 50.3 Å². The molecule has 1 heterocycles. The average Bonchev–Trinajstić information content (AvgIpc) is 2.65. The fourth-order valence-electron chi connectivity index (χ4n) is 3.03. The molecule has 5 heteroatoms. The number of carbonyl (C=O) groups is 2. The van der Waals surface area contributed by atoms with Crippen LogP contribution in [0.5, 0.6) is 0 Å². The summed E-state index contributed by atoms with van der Waals surface area (Å²) in [6.45, 7) is 6.06. The first kappa shape index (κ1) is 20.0. The second-order valence-corrected chi connectivity index (χ2v) is 7.19. The molecule has 1 aliphatic heterocycles. The van der Waals surface area contributed by atoms with E-state index in [1.165, 1.54) is 6.42 Å². The minimum absolute atomic E-state index is 0.0258. The summed E-state index contributed by atoms with van der Waals surface area (Å²) in [4.78, 5) is 26.2. The highest BCUT2D eigenvalue weighted by molar-refractivity contribution is 5.87. The predicted octanol–water partition coefficient (Wildman–Crippen LogP) is 3.90. The number of likely N-dealkylation sites (tertiary alicyclic amines) is 1. The molecule has 0 aromatic heterocycles. The van der Waals surface area contributed by atoms with Crippen LogP contribution in [0.2, 0.25) is 0 Å². The molecule has 0 saturated carbocycles. The van der Waals surface area contributed by atoms with E-state index < -0.39 is 6.09 Å². The Balaban J connectivity index is 1.85. The van der Waals surface area contributed by atoms with Gasteiger partial charge < -0.3 is 15.0 Å². The third-order valence-electron chi connectivity index (χ3n) is 4.38. The number of alkyl carbamates (subject to hydrolysis) is 1. The van der Waals surface area contributed by atoms with Gasteiger partial charge in [0, 0.05) is 19.2 Å². The molecular weight excluding hydrogens is 328 g/mol. The molecular formula is C21H30N2O3. The smallest absolute Gasteiger partial charge is 0.407 e. The van der Waals surface area contributed by atoms with Crippen LogP contribution >= 0.6 is 0 Å². The van der Waals surface area contributed by atoms with Gasteiger partial charge >= 0.3 is 6.09 Å². The standard InChI is InChI=1S/C21H30N2O3/c1-17(2)15-19(11-12-20(24)23-13-7-4-8-14-23)22-21(25)26-16-18-9-5-3-6-10-18/h3,5-6,9-12,17,19H,4,7-8,13-16H2,1-2H3,(H,22,25)/b12-11+/t19-/m1/s1. The van der Waals surface area contributed by atoms with Crippen molar-refractivity contribution in [3.05, 3.63) is 48.0 Å². The lowest BCUT2D eigenvalue weighted by Gasteiger charge is -2.25. The Morgan fingerprint density at radius 2 is 1.85 bits per heavy atom. The minimum Gasteiger partial charge on any atom is -0.445 e. The normalized spacial score (nSPS) is 15.9. The van der Waals surface area contributed by atoms with Crippen molar-refractivity contribution in [2.75, 3.05) is 13.1 Å². The molecule has 2 amide bonds. The zero-order valence-electron chi connectivity index (χ0n) is 15.8. The molecule has 1 aliphatic rings. The highest BCUT2D eigenvalue weighted by atomic mass is 16.5. The van der Waals surface area contributed by atoms with E-state index in [1.54, 1.807) is 12.2 Å². The number of hydrogen-bond donors (Lipinski definition) is 1. The number of ether oxygens (including phenoxy) is 1. The van der Waals surface area contributed by atoms with Gasteiger partial charge in [-0.15, -0.1) is 0 Å². The van der Waals surface area contributed by atoms with Gasteiger partial charge in [0.05, 0.1) is 6.04 Å². The fourth-order valence-corrected chi connectivity index (χ4v) is 3.03. The first-order valence-electron chi connectivity index (χ1n) is 9.49. The third kappa shape index (κ3) is 7.30. The van der Waals surface area contributed by atoms with E-state index in [1.807, 2.05) is 35.2 Å². The van der Waals surface area contributed by atoms with Crippen molar-refractivity contribution in [3.8, 4) is 0 Å². The average molecular weight is 358 g/mol. The second kappa shape index (κ2) is 10.6. The molecule has 0 bridgehead atoms. The van der Waals surface area contributed by atoms with Crippen LogP contribution in [-0.4, -0.2) is 36.0 Å². The van der Waals surface area contributed by atoms with E-state index in [-0.39, 0.29) is 18.6 Å². The van der Waals surface area contributed by atoms with Crippen LogP contribution in [-0.2, 0) is 16.1 Å². The highest BCUT2D eigenvalue weighted by Gasteiger charge is 2.16. The molecule has 0 aliphatic carbocycles. The van der Waals surface area contributed by atoms with E-state index in [2.05, 4.69) is 19.2 Å². The number of nitrogens with zero attached hydrogens (tertiary/aromatic N) is 1. The molecule has 26 heavy (non-hydrogen) atoms. The van der Waals surface area contributed by atoms with Crippen molar-refractivity contribution in [1.29, 1.82) is 0 Å². The maximum Gasteiger partial charge on any atom is 0.407 e. The van der Waals surface area contributed by atoms with E-state index in [9.17, 15) is 9.59 Å². The van der Waals surface area contributed by atoms with Crippen molar-refractivity contribution in [3.63, 3.8) is 0 Å². The van der Waals surface area contributed by atoms with Crippen LogP contribution in [0.3, 0.4) is 0 Å². The SMILES string of the molecule is CC(C)C[C@@H](/C=C/C(=O)N1CCCCC1)NC(=O)OCc1ccccc1. The summed E-state index contributed by atoms with van der Waals surface area (Å²) in [5, 5.41) is 2.86. The molecule has 5 nitrogen and oxygen atoms in total. The Morgan fingerprint density at radius 1 is 1.15 bits per heavy atom. The summed E-state index contributed by atoms with van der Waals surface area (Å²) < 4.78 is 5.28. The van der Waals surface area contributed by atoms with Gasteiger partial charge in [-0.25, -0.2) is 4.79 Å². The lowest BCUT2D eigenvalue weighted by atomic mass is 10.0. The molecule has 0 radical (unpaired) electrons. The molecule has 1 atom stereocenters. The molecule has 0 spiro atoms. The molecule has 1 aromatic carbocycles. The van der Waals surface area contributed by atoms with Gasteiger partial charge in [-0.05, 0) is 37.2 Å². The quantitative estimate of drug-likeness (QED) is 0.752. The molecule has 1 fully saturated rings. The second-order valence-electron chi connectivity index (χ2n) is 7.19. The van der Waals surface area contributed by atoms with Crippen molar-refractivity contribution < 1.29 is 14.3 Å². The van der Waals surface area contributed by atoms with Crippen molar-refractivity contribution >= 4 is 12.0 Å². The molecule has 1 saturated heterocycles. The maximum absolute atomic E-state index is 12.3. The number of rotatable bonds is 7. The number of amides is 2. The van der Waals surface area contributed by atoms with E-state index >= 15 is 0 Å².